The van der Waals surface area contributed by atoms with Gasteiger partial charge in [0.1, 0.15) is 18.6 Å². The van der Waals surface area contributed by atoms with Crippen LogP contribution < -0.4 is 4.90 Å². The Hall–Kier alpha value is -3.73. The van der Waals surface area contributed by atoms with E-state index in [1.807, 2.05) is 30.4 Å². The average Bonchev–Trinajstić information content (AvgIpc) is 3.30. The minimum atomic E-state index is -0.423. The molecule has 0 spiro atoms. The number of aliphatic hydroxyl groups excluding tert-OH is 1. The van der Waals surface area contributed by atoms with Gasteiger partial charge in [0.2, 0.25) is 11.5 Å². The molecule has 0 unspecified atom stereocenters. The summed E-state index contributed by atoms with van der Waals surface area (Å²) in [4.78, 5) is 27.5. The third-order valence-electron chi connectivity index (χ3n) is 9.10. The molecule has 0 radical (unpaired) electrons. The predicted octanol–water partition coefficient (Wildman–Crippen LogP) is 7.87. The number of nitrogens with zero attached hydrogens (tertiary/aromatic N) is 2. The van der Waals surface area contributed by atoms with E-state index >= 15 is 0 Å². The molecule has 41 heavy (non-hydrogen) atoms. The van der Waals surface area contributed by atoms with E-state index in [4.69, 9.17) is 0 Å². The van der Waals surface area contributed by atoms with Crippen LogP contribution in [0, 0.1) is 0 Å². The highest BCUT2D eigenvalue weighted by Gasteiger charge is 2.47. The number of hydrogen-bond donors (Lipinski definition) is 1. The van der Waals surface area contributed by atoms with Crippen molar-refractivity contribution in [2.24, 2.45) is 0 Å². The SMILES string of the molecule is CCCCCCN1C(=CC2=C(O)C(=CC3=[N+](CCC)c4ccccc4C3(C)C)C2=O)C(C)(C)c2cc(C=O)ccc21. The van der Waals surface area contributed by atoms with Crippen molar-refractivity contribution in [2.75, 3.05) is 18.0 Å². The Morgan fingerprint density at radius 1 is 0.902 bits per heavy atom. The predicted molar refractivity (Wildman–Crippen MR) is 167 cm³/mol. The summed E-state index contributed by atoms with van der Waals surface area (Å²) in [5.41, 5.74) is 7.23. The number of carbonyl (C=O) groups excluding carboxylic acids is 2. The highest BCUT2D eigenvalue weighted by molar-refractivity contribution is 6.24. The number of aliphatic hydroxyl groups is 1. The fourth-order valence-corrected chi connectivity index (χ4v) is 6.71. The Balaban J connectivity index is 1.56. The second-order valence-electron chi connectivity index (χ2n) is 12.6. The Bertz CT molecular complexity index is 1530. The zero-order chi connectivity index (χ0) is 29.5. The van der Waals surface area contributed by atoms with E-state index in [0.717, 1.165) is 67.7 Å². The fraction of sp³-hybridized carbons (Fsp3) is 0.417. The van der Waals surface area contributed by atoms with Crippen molar-refractivity contribution in [2.45, 2.75) is 84.5 Å². The summed E-state index contributed by atoms with van der Waals surface area (Å²) in [5, 5.41) is 11.3. The fourth-order valence-electron chi connectivity index (χ4n) is 6.71. The van der Waals surface area contributed by atoms with Gasteiger partial charge in [-0.25, -0.2) is 0 Å². The molecule has 1 aliphatic carbocycles. The van der Waals surface area contributed by atoms with E-state index in [2.05, 4.69) is 75.3 Å². The second kappa shape index (κ2) is 10.9. The summed E-state index contributed by atoms with van der Waals surface area (Å²) >= 11 is 0. The second-order valence-corrected chi connectivity index (χ2v) is 12.6. The Morgan fingerprint density at radius 2 is 1.66 bits per heavy atom. The first-order valence-corrected chi connectivity index (χ1v) is 15.1. The number of allylic oxidation sites excluding steroid dienone is 5. The molecule has 0 fully saturated rings. The molecule has 1 N–H and O–H groups in total. The van der Waals surface area contributed by atoms with Gasteiger partial charge in [-0.15, -0.1) is 0 Å². The van der Waals surface area contributed by atoms with Gasteiger partial charge in [-0.2, -0.15) is 4.58 Å². The van der Waals surface area contributed by atoms with E-state index in [0.29, 0.717) is 16.7 Å². The maximum Gasteiger partial charge on any atom is 0.209 e. The van der Waals surface area contributed by atoms with Gasteiger partial charge in [-0.1, -0.05) is 65.2 Å². The van der Waals surface area contributed by atoms with Gasteiger partial charge in [0, 0.05) is 53.0 Å². The van der Waals surface area contributed by atoms with Crippen molar-refractivity contribution in [1.82, 2.24) is 0 Å². The summed E-state index contributed by atoms with van der Waals surface area (Å²) in [7, 11) is 0. The topological polar surface area (TPSA) is 60.6 Å². The lowest BCUT2D eigenvalue weighted by molar-refractivity contribution is -0.437. The first kappa shape index (κ1) is 28.8. The van der Waals surface area contributed by atoms with Gasteiger partial charge in [0.05, 0.1) is 16.6 Å². The van der Waals surface area contributed by atoms with Gasteiger partial charge in [0.25, 0.3) is 0 Å². The zero-order valence-electron chi connectivity index (χ0n) is 25.4. The van der Waals surface area contributed by atoms with Crippen LogP contribution in [0.5, 0.6) is 0 Å². The molecule has 3 aliphatic rings. The smallest absolute Gasteiger partial charge is 0.209 e. The van der Waals surface area contributed by atoms with Crippen molar-refractivity contribution in [1.29, 1.82) is 0 Å². The third kappa shape index (κ3) is 4.69. The number of Topliss-reactive ketones (excluding diaryl/α,β-unsaturated/α-hetero) is 1. The normalized spacial score (nSPS) is 20.6. The monoisotopic (exact) mass is 551 g/mol. The third-order valence-corrected chi connectivity index (χ3v) is 9.10. The van der Waals surface area contributed by atoms with Gasteiger partial charge in [0.15, 0.2) is 5.71 Å². The number of aldehydes is 1. The lowest BCUT2D eigenvalue weighted by Gasteiger charge is -2.29. The summed E-state index contributed by atoms with van der Waals surface area (Å²) in [6, 6.07) is 14.2. The van der Waals surface area contributed by atoms with E-state index in [1.165, 1.54) is 17.7 Å². The molecule has 2 aromatic carbocycles. The van der Waals surface area contributed by atoms with Crippen molar-refractivity contribution in [3.05, 3.63) is 93.9 Å². The van der Waals surface area contributed by atoms with Crippen LogP contribution in [0.4, 0.5) is 11.4 Å². The van der Waals surface area contributed by atoms with Crippen LogP contribution >= 0.6 is 0 Å². The quantitative estimate of drug-likeness (QED) is 0.141. The van der Waals surface area contributed by atoms with E-state index in [-0.39, 0.29) is 17.0 Å². The molecule has 5 heteroatoms. The maximum absolute atomic E-state index is 13.7. The maximum atomic E-state index is 13.7. The van der Waals surface area contributed by atoms with Gasteiger partial charge < -0.3 is 10.0 Å². The van der Waals surface area contributed by atoms with Crippen LogP contribution in [0.3, 0.4) is 0 Å². The van der Waals surface area contributed by atoms with Crippen molar-refractivity contribution in [3.63, 3.8) is 0 Å². The average molecular weight is 552 g/mol. The Morgan fingerprint density at radius 3 is 2.34 bits per heavy atom. The van der Waals surface area contributed by atoms with Crippen LogP contribution in [0.15, 0.2) is 77.2 Å². The van der Waals surface area contributed by atoms with Crippen molar-refractivity contribution < 1.29 is 19.3 Å². The van der Waals surface area contributed by atoms with Crippen LogP contribution in [0.1, 0.15) is 95.1 Å². The number of unbranched alkanes of at least 4 members (excludes halogenated alkanes) is 3. The van der Waals surface area contributed by atoms with Crippen LogP contribution in [-0.2, 0) is 15.6 Å². The summed E-state index contributed by atoms with van der Waals surface area (Å²) in [5.74, 6) is -0.0681. The van der Waals surface area contributed by atoms with Crippen LogP contribution in [-0.4, -0.2) is 40.6 Å². The molecule has 0 aromatic heterocycles. The number of anilines is 1. The number of ketones is 1. The first-order chi connectivity index (χ1) is 19.6. The molecular weight excluding hydrogens is 508 g/mol. The van der Waals surface area contributed by atoms with Crippen LogP contribution in [0.2, 0.25) is 0 Å². The first-order valence-electron chi connectivity index (χ1n) is 15.1. The molecule has 0 amide bonds. The number of rotatable bonds is 10. The lowest BCUT2D eigenvalue weighted by atomic mass is 9.77. The number of fused-ring (bicyclic) bond motifs is 2. The summed E-state index contributed by atoms with van der Waals surface area (Å²) < 4.78 is 2.29. The number of benzene rings is 2. The van der Waals surface area contributed by atoms with Gasteiger partial charge in [-0.3, -0.25) is 9.59 Å². The molecule has 0 saturated carbocycles. The molecule has 0 atom stereocenters. The van der Waals surface area contributed by atoms with E-state index < -0.39 is 5.41 Å². The lowest BCUT2D eigenvalue weighted by Crippen LogP contribution is -2.32. The molecule has 214 valence electrons. The summed E-state index contributed by atoms with van der Waals surface area (Å²) in [6.07, 6.45) is 10.1. The molecule has 0 saturated heterocycles. The molecule has 2 heterocycles. The van der Waals surface area contributed by atoms with Crippen LogP contribution in [0.25, 0.3) is 0 Å². The molecule has 0 bridgehead atoms. The minimum absolute atomic E-state index is 0.0597. The molecular formula is C36H43N2O3+. The van der Waals surface area contributed by atoms with Crippen molar-refractivity contribution >= 4 is 29.2 Å². The standard InChI is InChI=1S/C36H42N2O3/c1-7-9-10-13-19-38-30-17-16-24(23-39)20-28(30)36(5,6)32(38)22-26-33(40)25(34(26)41)21-31-35(3,4)27-14-11-12-15-29(27)37(31)18-8-2/h11-12,14-17,20-23H,7-10,13,18-19H2,1-6H3/p+1. The molecule has 2 aromatic rings. The van der Waals surface area contributed by atoms with E-state index in [1.54, 1.807) is 0 Å². The Kier molecular flexibility index (Phi) is 7.67. The van der Waals surface area contributed by atoms with Gasteiger partial charge in [-0.05, 0) is 50.1 Å². The highest BCUT2D eigenvalue weighted by Crippen LogP contribution is 2.49. The molecule has 5 rings (SSSR count). The molecule has 2 aliphatic heterocycles. The molecule has 5 nitrogen and oxygen atoms in total. The largest absolute Gasteiger partial charge is 0.506 e. The number of para-hydroxylation sites is 1. The number of carbonyl (C=O) groups is 2. The Labute approximate surface area is 244 Å². The van der Waals surface area contributed by atoms with E-state index in [9.17, 15) is 14.7 Å². The zero-order valence-corrected chi connectivity index (χ0v) is 25.4. The number of hydrogen-bond acceptors (Lipinski definition) is 4. The summed E-state index contributed by atoms with van der Waals surface area (Å²) in [6.45, 7) is 14.7. The van der Waals surface area contributed by atoms with Crippen molar-refractivity contribution in [3.8, 4) is 0 Å². The minimum Gasteiger partial charge on any atom is -0.506 e. The highest BCUT2D eigenvalue weighted by atomic mass is 16.3. The van der Waals surface area contributed by atoms with Gasteiger partial charge >= 0.3 is 0 Å².